The normalized spacial score (nSPS) is 21.2. The van der Waals surface area contributed by atoms with E-state index >= 15 is 0 Å². The van der Waals surface area contributed by atoms with E-state index in [9.17, 15) is 0 Å². The van der Waals surface area contributed by atoms with E-state index in [-0.39, 0.29) is 0 Å². The zero-order valence-corrected chi connectivity index (χ0v) is 14.8. The second kappa shape index (κ2) is 7.56. The van der Waals surface area contributed by atoms with Crippen LogP contribution in [0, 0.1) is 11.8 Å². The summed E-state index contributed by atoms with van der Waals surface area (Å²) in [6.45, 7) is 3.52. The third-order valence-electron chi connectivity index (χ3n) is 5.01. The number of hydrogen-bond donors (Lipinski definition) is 0. The Kier molecular flexibility index (Phi) is 4.82. The SMILES string of the molecule is CC1C(COc2cccnc2)C1c1cncc(OCc2ccccc2)c1. The molecule has 0 amide bonds. The van der Waals surface area contributed by atoms with Crippen molar-refractivity contribution in [1.82, 2.24) is 9.97 Å². The molecular formula is C22H22N2O2. The van der Waals surface area contributed by atoms with E-state index in [4.69, 9.17) is 9.47 Å². The van der Waals surface area contributed by atoms with E-state index in [1.54, 1.807) is 18.6 Å². The zero-order chi connectivity index (χ0) is 17.8. The lowest BCUT2D eigenvalue weighted by atomic mass is 10.1. The van der Waals surface area contributed by atoms with Crippen molar-refractivity contribution in [3.63, 3.8) is 0 Å². The highest BCUT2D eigenvalue weighted by molar-refractivity contribution is 5.32. The Morgan fingerprint density at radius 2 is 1.73 bits per heavy atom. The molecule has 3 atom stereocenters. The molecule has 1 aliphatic rings. The quantitative estimate of drug-likeness (QED) is 0.632. The summed E-state index contributed by atoms with van der Waals surface area (Å²) < 4.78 is 11.8. The number of benzene rings is 1. The predicted molar refractivity (Wildman–Crippen MR) is 100 cm³/mol. The van der Waals surface area contributed by atoms with Crippen molar-refractivity contribution in [2.24, 2.45) is 11.8 Å². The Morgan fingerprint density at radius 3 is 2.54 bits per heavy atom. The summed E-state index contributed by atoms with van der Waals surface area (Å²) in [5, 5.41) is 0. The molecule has 4 nitrogen and oxygen atoms in total. The number of ether oxygens (including phenoxy) is 2. The lowest BCUT2D eigenvalue weighted by molar-refractivity contribution is 0.290. The average molecular weight is 346 g/mol. The van der Waals surface area contributed by atoms with Crippen molar-refractivity contribution in [1.29, 1.82) is 0 Å². The number of pyridine rings is 2. The van der Waals surface area contributed by atoms with Crippen LogP contribution in [0.4, 0.5) is 0 Å². The summed E-state index contributed by atoms with van der Waals surface area (Å²) in [6, 6.07) is 16.1. The van der Waals surface area contributed by atoms with Crippen LogP contribution in [-0.2, 0) is 6.61 Å². The summed E-state index contributed by atoms with van der Waals surface area (Å²) in [7, 11) is 0. The molecule has 1 aliphatic carbocycles. The van der Waals surface area contributed by atoms with E-state index in [1.807, 2.05) is 36.5 Å². The first-order chi connectivity index (χ1) is 12.8. The van der Waals surface area contributed by atoms with E-state index in [1.165, 1.54) is 5.56 Å². The second-order valence-electron chi connectivity index (χ2n) is 6.78. The molecule has 2 heterocycles. The van der Waals surface area contributed by atoms with Crippen molar-refractivity contribution >= 4 is 0 Å². The monoisotopic (exact) mass is 346 g/mol. The van der Waals surface area contributed by atoms with E-state index < -0.39 is 0 Å². The highest BCUT2D eigenvalue weighted by Gasteiger charge is 2.48. The minimum atomic E-state index is 0.472. The minimum absolute atomic E-state index is 0.472. The van der Waals surface area contributed by atoms with Crippen LogP contribution in [0.2, 0.25) is 0 Å². The summed E-state index contributed by atoms with van der Waals surface area (Å²) in [5.74, 6) is 3.19. The first kappa shape index (κ1) is 16.6. The molecular weight excluding hydrogens is 324 g/mol. The van der Waals surface area contributed by atoms with Crippen molar-refractivity contribution in [2.45, 2.75) is 19.4 Å². The van der Waals surface area contributed by atoms with Gasteiger partial charge in [-0.3, -0.25) is 9.97 Å². The molecule has 0 spiro atoms. The van der Waals surface area contributed by atoms with Gasteiger partial charge in [-0.05, 0) is 41.2 Å². The van der Waals surface area contributed by atoms with Gasteiger partial charge in [-0.1, -0.05) is 37.3 Å². The Labute approximate surface area is 153 Å². The van der Waals surface area contributed by atoms with Gasteiger partial charge in [-0.15, -0.1) is 0 Å². The number of nitrogens with zero attached hydrogens (tertiary/aromatic N) is 2. The van der Waals surface area contributed by atoms with Gasteiger partial charge in [0.2, 0.25) is 0 Å². The van der Waals surface area contributed by atoms with E-state index in [0.29, 0.717) is 31.0 Å². The molecule has 2 aromatic heterocycles. The molecule has 1 aromatic carbocycles. The highest BCUT2D eigenvalue weighted by Crippen LogP contribution is 2.53. The van der Waals surface area contributed by atoms with E-state index in [0.717, 1.165) is 17.1 Å². The van der Waals surface area contributed by atoms with Gasteiger partial charge < -0.3 is 9.47 Å². The maximum atomic E-state index is 5.91. The molecule has 0 N–H and O–H groups in total. The van der Waals surface area contributed by atoms with Crippen molar-refractivity contribution in [3.8, 4) is 11.5 Å². The molecule has 0 saturated heterocycles. The van der Waals surface area contributed by atoms with Crippen LogP contribution < -0.4 is 9.47 Å². The molecule has 4 heteroatoms. The predicted octanol–water partition coefficient (Wildman–Crippen LogP) is 4.48. The standard InChI is InChI=1S/C22H22N2O2/c1-16-21(15-26-19-8-5-9-23-12-19)22(16)18-10-20(13-24-11-18)25-14-17-6-3-2-4-7-17/h2-13,16,21-22H,14-15H2,1H3. The number of hydrogen-bond acceptors (Lipinski definition) is 4. The van der Waals surface area contributed by atoms with Gasteiger partial charge in [0.15, 0.2) is 0 Å². The van der Waals surface area contributed by atoms with Crippen LogP contribution in [0.5, 0.6) is 11.5 Å². The van der Waals surface area contributed by atoms with Crippen molar-refractivity contribution in [2.75, 3.05) is 6.61 Å². The van der Waals surface area contributed by atoms with Gasteiger partial charge >= 0.3 is 0 Å². The first-order valence-corrected chi connectivity index (χ1v) is 8.96. The fraction of sp³-hybridized carbons (Fsp3) is 0.273. The Morgan fingerprint density at radius 1 is 0.885 bits per heavy atom. The van der Waals surface area contributed by atoms with Gasteiger partial charge in [0.25, 0.3) is 0 Å². The van der Waals surface area contributed by atoms with Crippen LogP contribution in [0.15, 0.2) is 73.3 Å². The molecule has 1 fully saturated rings. The summed E-state index contributed by atoms with van der Waals surface area (Å²) >= 11 is 0. The lowest BCUT2D eigenvalue weighted by Crippen LogP contribution is -2.02. The van der Waals surface area contributed by atoms with Gasteiger partial charge in [0.05, 0.1) is 19.0 Å². The molecule has 132 valence electrons. The topological polar surface area (TPSA) is 44.2 Å². The molecule has 0 bridgehead atoms. The van der Waals surface area contributed by atoms with Crippen molar-refractivity contribution < 1.29 is 9.47 Å². The summed E-state index contributed by atoms with van der Waals surface area (Å²) in [4.78, 5) is 8.45. The zero-order valence-electron chi connectivity index (χ0n) is 14.8. The molecule has 3 unspecified atom stereocenters. The fourth-order valence-corrected chi connectivity index (χ4v) is 3.41. The Hall–Kier alpha value is -2.88. The lowest BCUT2D eigenvalue weighted by Gasteiger charge is -2.08. The van der Waals surface area contributed by atoms with Crippen LogP contribution in [0.1, 0.15) is 24.0 Å². The average Bonchev–Trinajstić information content (AvgIpc) is 3.36. The number of rotatable bonds is 7. The van der Waals surface area contributed by atoms with Crippen LogP contribution in [0.3, 0.4) is 0 Å². The van der Waals surface area contributed by atoms with Crippen LogP contribution in [-0.4, -0.2) is 16.6 Å². The maximum Gasteiger partial charge on any atom is 0.138 e. The first-order valence-electron chi connectivity index (χ1n) is 8.96. The smallest absolute Gasteiger partial charge is 0.138 e. The summed E-state index contributed by atoms with van der Waals surface area (Å²) in [6.07, 6.45) is 7.23. The number of aromatic nitrogens is 2. The fourth-order valence-electron chi connectivity index (χ4n) is 3.41. The molecule has 3 aromatic rings. The highest BCUT2D eigenvalue weighted by atomic mass is 16.5. The molecule has 4 rings (SSSR count). The maximum absolute atomic E-state index is 5.91. The Balaban J connectivity index is 1.36. The van der Waals surface area contributed by atoms with Crippen molar-refractivity contribution in [3.05, 3.63) is 84.4 Å². The van der Waals surface area contributed by atoms with Crippen LogP contribution in [0.25, 0.3) is 0 Å². The Bertz CT molecular complexity index is 839. The molecule has 0 aliphatic heterocycles. The van der Waals surface area contributed by atoms with Crippen LogP contribution >= 0.6 is 0 Å². The largest absolute Gasteiger partial charge is 0.492 e. The van der Waals surface area contributed by atoms with Gasteiger partial charge in [0.1, 0.15) is 18.1 Å². The second-order valence-corrected chi connectivity index (χ2v) is 6.78. The van der Waals surface area contributed by atoms with E-state index in [2.05, 4.69) is 35.1 Å². The summed E-state index contributed by atoms with van der Waals surface area (Å²) in [5.41, 5.74) is 2.38. The van der Waals surface area contributed by atoms with Gasteiger partial charge in [0, 0.05) is 18.3 Å². The molecule has 1 saturated carbocycles. The minimum Gasteiger partial charge on any atom is -0.492 e. The third-order valence-corrected chi connectivity index (χ3v) is 5.01. The van der Waals surface area contributed by atoms with Gasteiger partial charge in [-0.25, -0.2) is 0 Å². The molecule has 0 radical (unpaired) electrons. The third kappa shape index (κ3) is 3.85. The molecule has 26 heavy (non-hydrogen) atoms. The van der Waals surface area contributed by atoms with Gasteiger partial charge in [-0.2, -0.15) is 0 Å².